The number of hydrogen-bond donors (Lipinski definition) is 1. The van der Waals surface area contributed by atoms with Gasteiger partial charge in [-0.15, -0.1) is 0 Å². The summed E-state index contributed by atoms with van der Waals surface area (Å²) in [5, 5.41) is 0. The van der Waals surface area contributed by atoms with E-state index in [4.69, 9.17) is 4.98 Å². The Hall–Kier alpha value is -1.35. The molecular weight excluding hydrogens is 222 g/mol. The molecule has 2 aliphatic rings. The Labute approximate surface area is 107 Å². The first-order valence-electron chi connectivity index (χ1n) is 7.08. The smallest absolute Gasteiger partial charge is 0.121 e. The van der Waals surface area contributed by atoms with E-state index >= 15 is 0 Å². The molecule has 18 heavy (non-hydrogen) atoms. The minimum Gasteiger partial charge on any atom is -0.341 e. The maximum Gasteiger partial charge on any atom is 0.121 e. The van der Waals surface area contributed by atoms with Crippen LogP contribution in [-0.4, -0.2) is 27.5 Å². The van der Waals surface area contributed by atoms with Crippen molar-refractivity contribution < 1.29 is 0 Å². The quantitative estimate of drug-likeness (QED) is 0.876. The van der Waals surface area contributed by atoms with Gasteiger partial charge in [0.25, 0.3) is 0 Å². The van der Waals surface area contributed by atoms with Crippen LogP contribution in [0.25, 0.3) is 11.0 Å². The summed E-state index contributed by atoms with van der Waals surface area (Å²) in [6.45, 7) is 2.25. The second-order valence-electron chi connectivity index (χ2n) is 5.72. The number of aromatic nitrogens is 2. The van der Waals surface area contributed by atoms with Gasteiger partial charge in [0.05, 0.1) is 17.6 Å². The highest BCUT2D eigenvalue weighted by Gasteiger charge is 2.37. The van der Waals surface area contributed by atoms with E-state index in [9.17, 15) is 0 Å². The maximum absolute atomic E-state index is 4.69. The molecule has 1 N–H and O–H groups in total. The van der Waals surface area contributed by atoms with E-state index in [1.165, 1.54) is 32.2 Å². The van der Waals surface area contributed by atoms with Crippen molar-refractivity contribution in [3.8, 4) is 0 Å². The SMILES string of the molecule is c1ccc2[nH]c(CN3CC[C@H]4CCC[C@H]43)nc2c1. The number of H-pyrrole nitrogens is 1. The number of nitrogens with zero attached hydrogens (tertiary/aromatic N) is 2. The molecular formula is C15H19N3. The highest BCUT2D eigenvalue weighted by Crippen LogP contribution is 2.38. The predicted octanol–water partition coefficient (Wildman–Crippen LogP) is 2.94. The zero-order chi connectivity index (χ0) is 11.9. The van der Waals surface area contributed by atoms with Gasteiger partial charge in [0.15, 0.2) is 0 Å². The largest absolute Gasteiger partial charge is 0.341 e. The molecule has 1 saturated heterocycles. The number of aromatic amines is 1. The van der Waals surface area contributed by atoms with Crippen LogP contribution in [0.1, 0.15) is 31.5 Å². The van der Waals surface area contributed by atoms with Crippen molar-refractivity contribution in [3.63, 3.8) is 0 Å². The number of fused-ring (bicyclic) bond motifs is 2. The van der Waals surface area contributed by atoms with Crippen molar-refractivity contribution >= 4 is 11.0 Å². The van der Waals surface area contributed by atoms with E-state index in [1.807, 2.05) is 0 Å². The standard InChI is InChI=1S/C15H19N3/c1-2-6-13-12(5-1)16-15(17-13)10-18-9-8-11-4-3-7-14(11)18/h1-2,5-6,11,14H,3-4,7-10H2,(H,16,17)/t11-,14-/m1/s1. The summed E-state index contributed by atoms with van der Waals surface area (Å²) in [6.07, 6.45) is 5.66. The Balaban J connectivity index is 1.57. The first-order valence-corrected chi connectivity index (χ1v) is 7.08. The molecule has 0 unspecified atom stereocenters. The van der Waals surface area contributed by atoms with E-state index < -0.39 is 0 Å². The fraction of sp³-hybridized carbons (Fsp3) is 0.533. The number of imidazole rings is 1. The van der Waals surface area contributed by atoms with Crippen LogP contribution in [0.5, 0.6) is 0 Å². The van der Waals surface area contributed by atoms with Gasteiger partial charge in [-0.25, -0.2) is 4.98 Å². The van der Waals surface area contributed by atoms with E-state index in [-0.39, 0.29) is 0 Å². The van der Waals surface area contributed by atoms with Crippen LogP contribution in [0.15, 0.2) is 24.3 Å². The molecule has 1 aromatic heterocycles. The number of rotatable bonds is 2. The molecule has 1 aliphatic heterocycles. The lowest BCUT2D eigenvalue weighted by molar-refractivity contribution is 0.228. The summed E-state index contributed by atoms with van der Waals surface area (Å²) in [5.41, 5.74) is 2.25. The Kier molecular flexibility index (Phi) is 2.40. The Bertz CT molecular complexity index is 527. The van der Waals surface area contributed by atoms with Crippen LogP contribution in [-0.2, 0) is 6.54 Å². The minimum atomic E-state index is 0.832. The van der Waals surface area contributed by atoms with Crippen LogP contribution in [0.4, 0.5) is 0 Å². The first kappa shape index (κ1) is 10.6. The van der Waals surface area contributed by atoms with Gasteiger partial charge in [0.2, 0.25) is 0 Å². The summed E-state index contributed by atoms with van der Waals surface area (Å²) in [7, 11) is 0. The van der Waals surface area contributed by atoms with Crippen molar-refractivity contribution in [2.24, 2.45) is 5.92 Å². The molecule has 3 heteroatoms. The molecule has 2 heterocycles. The maximum atomic E-state index is 4.69. The van der Waals surface area contributed by atoms with E-state index in [0.717, 1.165) is 35.4 Å². The van der Waals surface area contributed by atoms with Crippen LogP contribution < -0.4 is 0 Å². The van der Waals surface area contributed by atoms with Gasteiger partial charge in [-0.3, -0.25) is 4.90 Å². The zero-order valence-corrected chi connectivity index (χ0v) is 10.6. The highest BCUT2D eigenvalue weighted by molar-refractivity contribution is 5.74. The van der Waals surface area contributed by atoms with Gasteiger partial charge in [0, 0.05) is 6.04 Å². The molecule has 2 aromatic rings. The summed E-state index contributed by atoms with van der Waals surface area (Å²) in [5.74, 6) is 2.10. The summed E-state index contributed by atoms with van der Waals surface area (Å²) >= 11 is 0. The molecule has 0 radical (unpaired) electrons. The molecule has 3 nitrogen and oxygen atoms in total. The van der Waals surface area contributed by atoms with Crippen molar-refractivity contribution in [1.82, 2.24) is 14.9 Å². The Morgan fingerprint density at radius 2 is 2.17 bits per heavy atom. The topological polar surface area (TPSA) is 31.9 Å². The van der Waals surface area contributed by atoms with Crippen LogP contribution in [0, 0.1) is 5.92 Å². The van der Waals surface area contributed by atoms with Gasteiger partial charge in [-0.05, 0) is 43.9 Å². The third kappa shape index (κ3) is 1.65. The summed E-state index contributed by atoms with van der Waals surface area (Å²) in [4.78, 5) is 10.8. The number of likely N-dealkylation sites (tertiary alicyclic amines) is 1. The van der Waals surface area contributed by atoms with Gasteiger partial charge < -0.3 is 4.98 Å². The number of hydrogen-bond acceptors (Lipinski definition) is 2. The lowest BCUT2D eigenvalue weighted by Gasteiger charge is -2.22. The lowest BCUT2D eigenvalue weighted by Crippen LogP contribution is -2.29. The average Bonchev–Trinajstić information content (AvgIpc) is 3.05. The first-order chi connectivity index (χ1) is 8.90. The third-order valence-corrected chi connectivity index (χ3v) is 4.67. The van der Waals surface area contributed by atoms with E-state index in [0.29, 0.717) is 0 Å². The van der Waals surface area contributed by atoms with Gasteiger partial charge in [-0.2, -0.15) is 0 Å². The lowest BCUT2D eigenvalue weighted by atomic mass is 10.1. The molecule has 94 valence electrons. The fourth-order valence-corrected chi connectivity index (χ4v) is 3.80. The Morgan fingerprint density at radius 1 is 1.22 bits per heavy atom. The monoisotopic (exact) mass is 241 g/mol. The molecule has 1 aliphatic carbocycles. The second kappa shape index (κ2) is 4.09. The molecule has 0 spiro atoms. The van der Waals surface area contributed by atoms with Crippen molar-refractivity contribution in [2.75, 3.05) is 6.54 Å². The Morgan fingerprint density at radius 3 is 3.11 bits per heavy atom. The van der Waals surface area contributed by atoms with E-state index in [2.05, 4.69) is 34.1 Å². The molecule has 0 amide bonds. The fourth-order valence-electron chi connectivity index (χ4n) is 3.80. The highest BCUT2D eigenvalue weighted by atomic mass is 15.2. The zero-order valence-electron chi connectivity index (χ0n) is 10.6. The molecule has 1 aromatic carbocycles. The van der Waals surface area contributed by atoms with Crippen molar-refractivity contribution in [3.05, 3.63) is 30.1 Å². The summed E-state index contributed by atoms with van der Waals surface area (Å²) < 4.78 is 0. The van der Waals surface area contributed by atoms with Crippen molar-refractivity contribution in [1.29, 1.82) is 0 Å². The van der Waals surface area contributed by atoms with Crippen LogP contribution >= 0.6 is 0 Å². The minimum absolute atomic E-state index is 0.832. The van der Waals surface area contributed by atoms with Gasteiger partial charge in [-0.1, -0.05) is 18.6 Å². The molecule has 2 fully saturated rings. The normalized spacial score (nSPS) is 28.0. The third-order valence-electron chi connectivity index (χ3n) is 4.67. The number of benzene rings is 1. The van der Waals surface area contributed by atoms with Crippen LogP contribution in [0.2, 0.25) is 0 Å². The number of nitrogens with one attached hydrogen (secondary N) is 1. The molecule has 1 saturated carbocycles. The second-order valence-corrected chi connectivity index (χ2v) is 5.72. The predicted molar refractivity (Wildman–Crippen MR) is 72.2 cm³/mol. The van der Waals surface area contributed by atoms with Crippen LogP contribution in [0.3, 0.4) is 0 Å². The molecule has 0 bridgehead atoms. The van der Waals surface area contributed by atoms with Gasteiger partial charge >= 0.3 is 0 Å². The van der Waals surface area contributed by atoms with Crippen molar-refractivity contribution in [2.45, 2.75) is 38.3 Å². The van der Waals surface area contributed by atoms with Gasteiger partial charge in [0.1, 0.15) is 5.82 Å². The molecule has 2 atom stereocenters. The number of para-hydroxylation sites is 2. The van der Waals surface area contributed by atoms with E-state index in [1.54, 1.807) is 0 Å². The average molecular weight is 241 g/mol. The summed E-state index contributed by atoms with van der Waals surface area (Å²) in [6, 6.07) is 9.13. The molecule has 4 rings (SSSR count).